The number of tetrazole rings is 1. The van der Waals surface area contributed by atoms with Crippen LogP contribution in [-0.4, -0.2) is 50.1 Å². The van der Waals surface area contributed by atoms with Crippen LogP contribution in [0.5, 0.6) is 0 Å². The maximum Gasteiger partial charge on any atom is 0.223 e. The minimum absolute atomic E-state index is 0.258. The molecule has 2 fully saturated rings. The summed E-state index contributed by atoms with van der Waals surface area (Å²) in [7, 11) is 0. The van der Waals surface area contributed by atoms with Gasteiger partial charge in [0.05, 0.1) is 13.1 Å². The predicted molar refractivity (Wildman–Crippen MR) is 90.4 cm³/mol. The molecule has 0 spiro atoms. The normalized spacial score (nSPS) is 19.5. The van der Waals surface area contributed by atoms with Crippen LogP contribution in [0.4, 0.5) is 0 Å². The largest absolute Gasteiger partial charge is 0.353 e. The molecular weight excluding hydrogens is 324 g/mol. The van der Waals surface area contributed by atoms with Crippen molar-refractivity contribution in [1.29, 1.82) is 0 Å². The van der Waals surface area contributed by atoms with Gasteiger partial charge in [0, 0.05) is 29.9 Å². The Kier molecular flexibility index (Phi) is 4.57. The third-order valence-electron chi connectivity index (χ3n) is 4.74. The lowest BCUT2D eigenvalue weighted by Crippen LogP contribution is -2.45. The second kappa shape index (κ2) is 6.98. The molecule has 2 aromatic rings. The van der Waals surface area contributed by atoms with E-state index >= 15 is 0 Å². The van der Waals surface area contributed by atoms with Crippen molar-refractivity contribution in [3.8, 4) is 0 Å². The van der Waals surface area contributed by atoms with Gasteiger partial charge in [0.1, 0.15) is 0 Å². The van der Waals surface area contributed by atoms with Gasteiger partial charge in [-0.15, -0.1) is 16.4 Å². The maximum atomic E-state index is 11.9. The van der Waals surface area contributed by atoms with Crippen LogP contribution in [0.3, 0.4) is 0 Å². The molecule has 0 radical (unpaired) electrons. The van der Waals surface area contributed by atoms with Crippen LogP contribution in [0.1, 0.15) is 36.4 Å². The molecule has 128 valence electrons. The maximum absolute atomic E-state index is 11.9. The van der Waals surface area contributed by atoms with E-state index in [9.17, 15) is 4.79 Å². The summed E-state index contributed by atoms with van der Waals surface area (Å²) in [5.41, 5.74) is 0. The second-order valence-electron chi connectivity index (χ2n) is 6.67. The average molecular weight is 346 g/mol. The van der Waals surface area contributed by atoms with E-state index in [1.54, 1.807) is 11.3 Å². The van der Waals surface area contributed by atoms with Crippen LogP contribution in [0.15, 0.2) is 17.5 Å². The van der Waals surface area contributed by atoms with Gasteiger partial charge in [-0.3, -0.25) is 9.69 Å². The molecule has 1 saturated heterocycles. The average Bonchev–Trinajstić information content (AvgIpc) is 3.17. The highest BCUT2D eigenvalue weighted by atomic mass is 32.1. The first-order valence-electron chi connectivity index (χ1n) is 8.58. The number of thiophene rings is 1. The van der Waals surface area contributed by atoms with Gasteiger partial charge >= 0.3 is 0 Å². The molecule has 0 bridgehead atoms. The van der Waals surface area contributed by atoms with Crippen molar-refractivity contribution in [2.24, 2.45) is 5.92 Å². The summed E-state index contributed by atoms with van der Waals surface area (Å²) in [5.74, 6) is 1.46. The van der Waals surface area contributed by atoms with Crippen molar-refractivity contribution in [3.63, 3.8) is 0 Å². The Hall–Kier alpha value is -1.80. The number of carbonyl (C=O) groups is 1. The molecule has 2 aliphatic rings. The molecule has 1 N–H and O–H groups in total. The Morgan fingerprint density at radius 1 is 1.25 bits per heavy atom. The van der Waals surface area contributed by atoms with Gasteiger partial charge in [0.15, 0.2) is 5.82 Å². The van der Waals surface area contributed by atoms with E-state index in [4.69, 9.17) is 0 Å². The fourth-order valence-corrected chi connectivity index (χ4v) is 3.80. The van der Waals surface area contributed by atoms with Gasteiger partial charge in [-0.1, -0.05) is 6.07 Å². The van der Waals surface area contributed by atoms with Gasteiger partial charge in [0.2, 0.25) is 5.91 Å². The van der Waals surface area contributed by atoms with Gasteiger partial charge in [-0.2, -0.15) is 0 Å². The Balaban J connectivity index is 1.28. The van der Waals surface area contributed by atoms with Crippen LogP contribution in [-0.2, 0) is 17.9 Å². The van der Waals surface area contributed by atoms with Crippen molar-refractivity contribution >= 4 is 17.2 Å². The summed E-state index contributed by atoms with van der Waals surface area (Å²) in [5, 5.41) is 17.4. The number of hydrogen-bond donors (Lipinski definition) is 1. The summed E-state index contributed by atoms with van der Waals surface area (Å²) < 4.78 is 1.88. The predicted octanol–water partition coefficient (Wildman–Crippen LogP) is 1.27. The summed E-state index contributed by atoms with van der Waals surface area (Å²) in [6.07, 6.45) is 4.14. The zero-order valence-corrected chi connectivity index (χ0v) is 14.4. The number of piperidine rings is 1. The zero-order valence-electron chi connectivity index (χ0n) is 13.6. The minimum atomic E-state index is 0.258. The lowest BCUT2D eigenvalue weighted by molar-refractivity contribution is -0.123. The van der Waals surface area contributed by atoms with Gasteiger partial charge < -0.3 is 5.32 Å². The lowest BCUT2D eigenvalue weighted by atomic mass is 10.0. The van der Waals surface area contributed by atoms with E-state index in [1.165, 1.54) is 4.88 Å². The van der Waals surface area contributed by atoms with Gasteiger partial charge in [-0.25, -0.2) is 4.68 Å². The van der Waals surface area contributed by atoms with E-state index in [0.29, 0.717) is 12.0 Å². The number of likely N-dealkylation sites (tertiary alicyclic amines) is 1. The van der Waals surface area contributed by atoms with Crippen molar-refractivity contribution < 1.29 is 4.79 Å². The first kappa shape index (κ1) is 15.7. The molecule has 0 aromatic carbocycles. The monoisotopic (exact) mass is 346 g/mol. The van der Waals surface area contributed by atoms with Gasteiger partial charge in [0.25, 0.3) is 0 Å². The highest BCUT2D eigenvalue weighted by Gasteiger charge is 2.31. The number of rotatable bonds is 6. The summed E-state index contributed by atoms with van der Waals surface area (Å²) >= 11 is 1.72. The molecule has 1 aliphatic heterocycles. The standard InChI is InChI=1S/C16H22N6OS/c23-16(12-3-4-12)17-13-5-7-21(8-6-13)11-15-18-19-20-22(15)10-14-2-1-9-24-14/h1-2,9,12-13H,3-8,10-11H2,(H,17,23). The molecule has 1 aliphatic carbocycles. The minimum Gasteiger partial charge on any atom is -0.353 e. The zero-order chi connectivity index (χ0) is 16.4. The van der Waals surface area contributed by atoms with E-state index in [2.05, 4.69) is 37.2 Å². The highest BCUT2D eigenvalue weighted by molar-refractivity contribution is 7.09. The molecule has 1 saturated carbocycles. The van der Waals surface area contributed by atoms with E-state index in [-0.39, 0.29) is 5.91 Å². The van der Waals surface area contributed by atoms with Crippen LogP contribution < -0.4 is 5.32 Å². The van der Waals surface area contributed by atoms with E-state index in [1.807, 2.05) is 10.7 Å². The third-order valence-corrected chi connectivity index (χ3v) is 5.60. The number of amides is 1. The summed E-state index contributed by atoms with van der Waals surface area (Å²) in [4.78, 5) is 15.5. The van der Waals surface area contributed by atoms with Crippen molar-refractivity contribution in [3.05, 3.63) is 28.2 Å². The lowest BCUT2D eigenvalue weighted by Gasteiger charge is -2.31. The fraction of sp³-hybridized carbons (Fsp3) is 0.625. The van der Waals surface area contributed by atoms with E-state index in [0.717, 1.165) is 57.7 Å². The van der Waals surface area contributed by atoms with Crippen molar-refractivity contribution in [1.82, 2.24) is 30.4 Å². The molecule has 1 amide bonds. The number of nitrogens with zero attached hydrogens (tertiary/aromatic N) is 5. The fourth-order valence-electron chi connectivity index (χ4n) is 3.11. The Bertz CT molecular complexity index is 673. The molecule has 3 heterocycles. The van der Waals surface area contributed by atoms with Crippen LogP contribution >= 0.6 is 11.3 Å². The second-order valence-corrected chi connectivity index (χ2v) is 7.70. The van der Waals surface area contributed by atoms with Crippen molar-refractivity contribution in [2.75, 3.05) is 13.1 Å². The quantitative estimate of drug-likeness (QED) is 0.852. The SMILES string of the molecule is O=C(NC1CCN(Cc2nnnn2Cc2cccs2)CC1)C1CC1. The number of hydrogen-bond acceptors (Lipinski definition) is 6. The molecule has 7 nitrogen and oxygen atoms in total. The van der Waals surface area contributed by atoms with Crippen LogP contribution in [0, 0.1) is 5.92 Å². The Morgan fingerprint density at radius 3 is 2.79 bits per heavy atom. The summed E-state index contributed by atoms with van der Waals surface area (Å²) in [6.45, 7) is 3.44. The molecular formula is C16H22N6OS. The molecule has 0 atom stereocenters. The molecule has 2 aromatic heterocycles. The Labute approximate surface area is 145 Å². The number of nitrogens with one attached hydrogen (secondary N) is 1. The molecule has 4 rings (SSSR count). The first-order chi connectivity index (χ1) is 11.8. The van der Waals surface area contributed by atoms with Crippen molar-refractivity contribution in [2.45, 2.75) is 44.8 Å². The smallest absolute Gasteiger partial charge is 0.223 e. The summed E-state index contributed by atoms with van der Waals surface area (Å²) in [6, 6.07) is 4.48. The molecule has 24 heavy (non-hydrogen) atoms. The third kappa shape index (κ3) is 3.81. The number of carbonyl (C=O) groups excluding carboxylic acids is 1. The molecule has 0 unspecified atom stereocenters. The highest BCUT2D eigenvalue weighted by Crippen LogP contribution is 2.29. The molecule has 8 heteroatoms. The number of aromatic nitrogens is 4. The first-order valence-corrected chi connectivity index (χ1v) is 9.46. The topological polar surface area (TPSA) is 75.9 Å². The van der Waals surface area contributed by atoms with Crippen LogP contribution in [0.2, 0.25) is 0 Å². The Morgan fingerprint density at radius 2 is 2.08 bits per heavy atom. The van der Waals surface area contributed by atoms with Crippen LogP contribution in [0.25, 0.3) is 0 Å². The van der Waals surface area contributed by atoms with Gasteiger partial charge in [-0.05, 0) is 47.6 Å². The van der Waals surface area contributed by atoms with E-state index < -0.39 is 0 Å².